The van der Waals surface area contributed by atoms with E-state index in [-0.39, 0.29) is 0 Å². The number of alkyl halides is 1. The van der Waals surface area contributed by atoms with Crippen LogP contribution in [0.2, 0.25) is 0 Å². The van der Waals surface area contributed by atoms with Crippen LogP contribution in [0.25, 0.3) is 0 Å². The molecule has 0 spiro atoms. The predicted molar refractivity (Wildman–Crippen MR) is 72.8 cm³/mol. The number of hydrogen-bond donors (Lipinski definition) is 0. The van der Waals surface area contributed by atoms with Crippen molar-refractivity contribution in [3.8, 4) is 5.75 Å². The zero-order chi connectivity index (χ0) is 12.8. The lowest BCUT2D eigenvalue weighted by molar-refractivity contribution is 0.0943. The average Bonchev–Trinajstić information content (AvgIpc) is 2.46. The number of rotatable bonds is 5. The van der Waals surface area contributed by atoms with Crippen LogP contribution in [0, 0.1) is 0 Å². The Balaban J connectivity index is 1.93. The van der Waals surface area contributed by atoms with E-state index in [4.69, 9.17) is 21.1 Å². The van der Waals surface area contributed by atoms with Gasteiger partial charge in [0.2, 0.25) is 0 Å². The molecule has 18 heavy (non-hydrogen) atoms. The summed E-state index contributed by atoms with van der Waals surface area (Å²) in [6.07, 6.45) is 0. The van der Waals surface area contributed by atoms with Gasteiger partial charge in [0, 0.05) is 0 Å². The van der Waals surface area contributed by atoms with Crippen molar-refractivity contribution in [3.05, 3.63) is 65.7 Å². The Hall–Kier alpha value is -1.51. The lowest BCUT2D eigenvalue weighted by atomic mass is 10.2. The molecule has 3 heteroatoms. The minimum absolute atomic E-state index is 0.448. The lowest BCUT2D eigenvalue weighted by Crippen LogP contribution is -1.98. The number of ether oxygens (including phenoxy) is 2. The first-order valence-electron chi connectivity index (χ1n) is 5.73. The molecule has 0 saturated heterocycles. The van der Waals surface area contributed by atoms with E-state index >= 15 is 0 Å². The van der Waals surface area contributed by atoms with Gasteiger partial charge in [0.05, 0.1) is 13.7 Å². The molecular weight excluding hydrogens is 248 g/mol. The molecule has 0 aliphatic heterocycles. The van der Waals surface area contributed by atoms with Crippen LogP contribution in [0.4, 0.5) is 0 Å². The highest BCUT2D eigenvalue weighted by molar-refractivity contribution is 6.19. The Morgan fingerprint density at radius 3 is 2.28 bits per heavy atom. The van der Waals surface area contributed by atoms with Gasteiger partial charge < -0.3 is 9.47 Å². The summed E-state index contributed by atoms with van der Waals surface area (Å²) in [5, 5.41) is 0. The average molecular weight is 263 g/mol. The molecule has 0 radical (unpaired) electrons. The molecule has 0 aliphatic carbocycles. The third-order valence-electron chi connectivity index (χ3n) is 2.62. The highest BCUT2D eigenvalue weighted by Crippen LogP contribution is 2.25. The van der Waals surface area contributed by atoms with Gasteiger partial charge in [-0.3, -0.25) is 0 Å². The Morgan fingerprint density at radius 1 is 1.00 bits per heavy atom. The normalized spacial score (nSPS) is 12.1. The van der Waals surface area contributed by atoms with Crippen LogP contribution < -0.4 is 4.74 Å². The standard InChI is InChI=1S/C15H15ClO2/c1-17-14-9-7-13(8-10-14)15(16)18-11-12-5-3-2-4-6-12/h2-10,15H,11H2,1H3. The maximum absolute atomic E-state index is 6.19. The molecule has 2 nitrogen and oxygen atoms in total. The van der Waals surface area contributed by atoms with Crippen molar-refractivity contribution in [1.82, 2.24) is 0 Å². The summed E-state index contributed by atoms with van der Waals surface area (Å²) in [7, 11) is 1.64. The number of halogens is 1. The monoisotopic (exact) mass is 262 g/mol. The molecule has 0 aliphatic rings. The van der Waals surface area contributed by atoms with Crippen molar-refractivity contribution >= 4 is 11.6 Å². The highest BCUT2D eigenvalue weighted by Gasteiger charge is 2.08. The van der Waals surface area contributed by atoms with Crippen molar-refractivity contribution in [2.45, 2.75) is 12.2 Å². The molecule has 2 aromatic carbocycles. The summed E-state index contributed by atoms with van der Waals surface area (Å²) >= 11 is 6.19. The maximum atomic E-state index is 6.19. The largest absolute Gasteiger partial charge is 0.497 e. The van der Waals surface area contributed by atoms with E-state index in [9.17, 15) is 0 Å². The molecule has 0 saturated carbocycles. The first-order chi connectivity index (χ1) is 8.79. The second-order valence-electron chi connectivity index (χ2n) is 3.89. The molecule has 1 unspecified atom stereocenters. The minimum atomic E-state index is -0.448. The molecule has 94 valence electrons. The van der Waals surface area contributed by atoms with Gasteiger partial charge >= 0.3 is 0 Å². The van der Waals surface area contributed by atoms with Crippen LogP contribution >= 0.6 is 11.6 Å². The highest BCUT2D eigenvalue weighted by atomic mass is 35.5. The summed E-state index contributed by atoms with van der Waals surface area (Å²) < 4.78 is 10.7. The smallest absolute Gasteiger partial charge is 0.157 e. The van der Waals surface area contributed by atoms with E-state index < -0.39 is 5.56 Å². The van der Waals surface area contributed by atoms with Gasteiger partial charge in [-0.15, -0.1) is 0 Å². The van der Waals surface area contributed by atoms with E-state index in [0.29, 0.717) is 6.61 Å². The zero-order valence-electron chi connectivity index (χ0n) is 10.2. The van der Waals surface area contributed by atoms with Gasteiger partial charge in [-0.05, 0) is 23.3 Å². The fourth-order valence-electron chi connectivity index (χ4n) is 1.60. The molecule has 2 rings (SSSR count). The molecule has 0 amide bonds. The number of methoxy groups -OCH3 is 1. The van der Waals surface area contributed by atoms with E-state index in [1.807, 2.05) is 54.6 Å². The van der Waals surface area contributed by atoms with Crippen LogP contribution in [-0.2, 0) is 11.3 Å². The Morgan fingerprint density at radius 2 is 1.67 bits per heavy atom. The second-order valence-corrected chi connectivity index (χ2v) is 4.28. The molecule has 0 heterocycles. The Bertz CT molecular complexity index is 468. The van der Waals surface area contributed by atoms with Gasteiger partial charge in [-0.25, -0.2) is 0 Å². The van der Waals surface area contributed by atoms with Crippen molar-refractivity contribution in [1.29, 1.82) is 0 Å². The van der Waals surface area contributed by atoms with Crippen molar-refractivity contribution in [3.63, 3.8) is 0 Å². The first-order valence-corrected chi connectivity index (χ1v) is 6.17. The van der Waals surface area contributed by atoms with E-state index in [2.05, 4.69) is 0 Å². The third-order valence-corrected chi connectivity index (χ3v) is 2.99. The molecular formula is C15H15ClO2. The molecule has 0 aromatic heterocycles. The van der Waals surface area contributed by atoms with Crippen LogP contribution in [0.15, 0.2) is 54.6 Å². The SMILES string of the molecule is COc1ccc(C(Cl)OCc2ccccc2)cc1. The fraction of sp³-hybridized carbons (Fsp3) is 0.200. The van der Waals surface area contributed by atoms with E-state index in [1.54, 1.807) is 7.11 Å². The first kappa shape index (κ1) is 12.9. The van der Waals surface area contributed by atoms with Gasteiger partial charge in [0.1, 0.15) is 5.75 Å². The van der Waals surface area contributed by atoms with Gasteiger partial charge in [-0.2, -0.15) is 0 Å². The van der Waals surface area contributed by atoms with Gasteiger partial charge in [-0.1, -0.05) is 54.1 Å². The van der Waals surface area contributed by atoms with Crippen molar-refractivity contribution in [2.24, 2.45) is 0 Å². The van der Waals surface area contributed by atoms with Gasteiger partial charge in [0.15, 0.2) is 5.56 Å². The molecule has 1 atom stereocenters. The topological polar surface area (TPSA) is 18.5 Å². The quantitative estimate of drug-likeness (QED) is 0.754. The maximum Gasteiger partial charge on any atom is 0.157 e. The molecule has 0 N–H and O–H groups in total. The summed E-state index contributed by atoms with van der Waals surface area (Å²) in [5.74, 6) is 0.811. The Labute approximate surface area is 112 Å². The zero-order valence-corrected chi connectivity index (χ0v) is 10.9. The van der Waals surface area contributed by atoms with Crippen molar-refractivity contribution < 1.29 is 9.47 Å². The number of hydrogen-bond acceptors (Lipinski definition) is 2. The summed E-state index contributed by atoms with van der Waals surface area (Å²) in [5.41, 5.74) is 1.58. The predicted octanol–water partition coefficient (Wildman–Crippen LogP) is 4.15. The van der Waals surface area contributed by atoms with Crippen molar-refractivity contribution in [2.75, 3.05) is 7.11 Å². The number of benzene rings is 2. The van der Waals surface area contributed by atoms with Crippen LogP contribution in [0.3, 0.4) is 0 Å². The molecule has 0 fully saturated rings. The van der Waals surface area contributed by atoms with Crippen LogP contribution in [0.5, 0.6) is 5.75 Å². The third kappa shape index (κ3) is 3.49. The lowest BCUT2D eigenvalue weighted by Gasteiger charge is -2.12. The van der Waals surface area contributed by atoms with E-state index in [0.717, 1.165) is 16.9 Å². The summed E-state index contributed by atoms with van der Waals surface area (Å²) in [6.45, 7) is 0.501. The van der Waals surface area contributed by atoms with E-state index in [1.165, 1.54) is 0 Å². The fourth-order valence-corrected chi connectivity index (χ4v) is 1.80. The van der Waals surface area contributed by atoms with Crippen LogP contribution in [-0.4, -0.2) is 7.11 Å². The summed E-state index contributed by atoms with van der Waals surface area (Å²) in [4.78, 5) is 0. The minimum Gasteiger partial charge on any atom is -0.497 e. The molecule has 2 aromatic rings. The second kappa shape index (κ2) is 6.43. The van der Waals surface area contributed by atoms with Gasteiger partial charge in [0.25, 0.3) is 0 Å². The Kier molecular flexibility index (Phi) is 4.62. The summed E-state index contributed by atoms with van der Waals surface area (Å²) in [6, 6.07) is 17.5. The van der Waals surface area contributed by atoms with Crippen LogP contribution in [0.1, 0.15) is 16.7 Å². The molecule has 0 bridgehead atoms.